The highest BCUT2D eigenvalue weighted by Gasteiger charge is 2.28. The molecule has 98 valence electrons. The number of hydrogen-bond donors (Lipinski definition) is 1. The highest BCUT2D eigenvalue weighted by atomic mass is 35.5. The van der Waals surface area contributed by atoms with Gasteiger partial charge in [0, 0.05) is 0 Å². The van der Waals surface area contributed by atoms with Crippen LogP contribution in [0.2, 0.25) is 0 Å². The molecule has 0 fully saturated rings. The number of halogens is 1. The number of aryl methyl sites for hydroxylation is 2. The highest BCUT2D eigenvalue weighted by Crippen LogP contribution is 2.26. The zero-order valence-corrected chi connectivity index (χ0v) is 11.4. The van der Waals surface area contributed by atoms with Crippen LogP contribution in [0.4, 0.5) is 5.69 Å². The maximum absolute atomic E-state index is 11.9. The van der Waals surface area contributed by atoms with Crippen molar-refractivity contribution >= 4 is 29.2 Å². The number of carboxylic acids is 1. The number of benzene rings is 1. The van der Waals surface area contributed by atoms with Crippen molar-refractivity contribution in [1.82, 2.24) is 0 Å². The molecule has 0 saturated heterocycles. The lowest BCUT2D eigenvalue weighted by atomic mass is 10.1. The average molecular weight is 270 g/mol. The number of amides is 1. The number of alkyl halides is 1. The van der Waals surface area contributed by atoms with E-state index in [1.807, 2.05) is 32.0 Å². The summed E-state index contributed by atoms with van der Waals surface area (Å²) in [5.41, 5.74) is 2.32. The molecule has 1 N–H and O–H groups in total. The largest absolute Gasteiger partial charge is 0.480 e. The Morgan fingerprint density at radius 1 is 1.33 bits per heavy atom. The summed E-state index contributed by atoms with van der Waals surface area (Å²) in [7, 11) is 0. The molecule has 0 saturated carbocycles. The summed E-state index contributed by atoms with van der Waals surface area (Å²) in [6, 6.07) is 4.59. The third-order valence-electron chi connectivity index (χ3n) is 2.81. The van der Waals surface area contributed by atoms with Gasteiger partial charge in [0.1, 0.15) is 11.9 Å². The SMILES string of the molecule is Cc1cccc(C)c1N(C(=O)CCl)[C@@H](C)C(=O)O. The minimum absolute atomic E-state index is 0.245. The number of rotatable bonds is 4. The third kappa shape index (κ3) is 2.82. The molecule has 0 aliphatic heterocycles. The molecule has 0 radical (unpaired) electrons. The lowest BCUT2D eigenvalue weighted by molar-refractivity contribution is -0.139. The molecule has 0 heterocycles. The van der Waals surface area contributed by atoms with Crippen molar-refractivity contribution in [3.8, 4) is 0 Å². The summed E-state index contributed by atoms with van der Waals surface area (Å²) in [6.45, 7) is 5.15. The second kappa shape index (κ2) is 5.87. The topological polar surface area (TPSA) is 57.6 Å². The molecule has 0 bridgehead atoms. The molecule has 0 spiro atoms. The predicted octanol–water partition coefficient (Wildman–Crippen LogP) is 2.35. The van der Waals surface area contributed by atoms with Gasteiger partial charge in [-0.3, -0.25) is 9.69 Å². The minimum Gasteiger partial charge on any atom is -0.480 e. The summed E-state index contributed by atoms with van der Waals surface area (Å²) in [5.74, 6) is -1.72. The number of carboxylic acid groups (broad SMARTS) is 1. The van der Waals surface area contributed by atoms with Crippen LogP contribution in [0, 0.1) is 13.8 Å². The Morgan fingerprint density at radius 2 is 1.83 bits per heavy atom. The fourth-order valence-electron chi connectivity index (χ4n) is 1.89. The van der Waals surface area contributed by atoms with Gasteiger partial charge < -0.3 is 5.11 Å². The molecular weight excluding hydrogens is 254 g/mol. The van der Waals surface area contributed by atoms with Gasteiger partial charge in [0.05, 0.1) is 5.69 Å². The van der Waals surface area contributed by atoms with Gasteiger partial charge in [-0.2, -0.15) is 0 Å². The smallest absolute Gasteiger partial charge is 0.326 e. The van der Waals surface area contributed by atoms with Crippen LogP contribution in [-0.4, -0.2) is 28.9 Å². The van der Waals surface area contributed by atoms with Crippen LogP contribution in [0.3, 0.4) is 0 Å². The molecule has 1 aromatic carbocycles. The number of hydrogen-bond acceptors (Lipinski definition) is 2. The molecule has 0 unspecified atom stereocenters. The van der Waals surface area contributed by atoms with Gasteiger partial charge in [0.25, 0.3) is 0 Å². The summed E-state index contributed by atoms with van der Waals surface area (Å²) < 4.78 is 0. The Kier molecular flexibility index (Phi) is 4.73. The normalized spacial score (nSPS) is 12.0. The number of aliphatic carboxylic acids is 1. The Morgan fingerprint density at radius 3 is 2.22 bits per heavy atom. The second-order valence-electron chi connectivity index (χ2n) is 4.15. The summed E-state index contributed by atoms with van der Waals surface area (Å²) in [5, 5.41) is 9.10. The first-order valence-electron chi connectivity index (χ1n) is 5.57. The van der Waals surface area contributed by atoms with Crippen LogP contribution in [0.25, 0.3) is 0 Å². The molecule has 0 aromatic heterocycles. The van der Waals surface area contributed by atoms with Crippen molar-refractivity contribution in [3.63, 3.8) is 0 Å². The number of anilines is 1. The van der Waals surface area contributed by atoms with Gasteiger partial charge in [0.15, 0.2) is 0 Å². The summed E-state index contributed by atoms with van der Waals surface area (Å²) in [4.78, 5) is 24.3. The monoisotopic (exact) mass is 269 g/mol. The molecule has 5 heteroatoms. The third-order valence-corrected chi connectivity index (χ3v) is 3.04. The van der Waals surface area contributed by atoms with E-state index in [1.54, 1.807) is 0 Å². The molecule has 1 rings (SSSR count). The summed E-state index contributed by atoms with van der Waals surface area (Å²) >= 11 is 5.57. The molecular formula is C13H16ClNO3. The van der Waals surface area contributed by atoms with Crippen LogP contribution in [-0.2, 0) is 9.59 Å². The first-order chi connectivity index (χ1) is 8.40. The van der Waals surface area contributed by atoms with Crippen molar-refractivity contribution in [1.29, 1.82) is 0 Å². The van der Waals surface area contributed by atoms with Crippen LogP contribution >= 0.6 is 11.6 Å². The van der Waals surface area contributed by atoms with E-state index in [0.717, 1.165) is 11.1 Å². The van der Waals surface area contributed by atoms with Gasteiger partial charge in [-0.25, -0.2) is 4.79 Å². The van der Waals surface area contributed by atoms with Crippen LogP contribution in [0.1, 0.15) is 18.1 Å². The number of carbonyl (C=O) groups is 2. The maximum Gasteiger partial charge on any atom is 0.326 e. The van der Waals surface area contributed by atoms with Crippen LogP contribution in [0.15, 0.2) is 18.2 Å². The van der Waals surface area contributed by atoms with Gasteiger partial charge in [-0.05, 0) is 31.9 Å². The maximum atomic E-state index is 11.9. The predicted molar refractivity (Wildman–Crippen MR) is 71.2 cm³/mol. The van der Waals surface area contributed by atoms with Gasteiger partial charge in [0.2, 0.25) is 5.91 Å². The Labute approximate surface area is 111 Å². The first kappa shape index (κ1) is 14.5. The van der Waals surface area contributed by atoms with Gasteiger partial charge in [-0.15, -0.1) is 11.6 Å². The lowest BCUT2D eigenvalue weighted by Gasteiger charge is -2.29. The second-order valence-corrected chi connectivity index (χ2v) is 4.42. The molecule has 0 aliphatic rings. The number of nitrogens with zero attached hydrogens (tertiary/aromatic N) is 1. The Balaban J connectivity index is 3.35. The van der Waals surface area contributed by atoms with E-state index < -0.39 is 17.9 Å². The minimum atomic E-state index is -1.06. The van der Waals surface area contributed by atoms with Crippen LogP contribution < -0.4 is 4.90 Å². The Bertz CT molecular complexity index is 453. The first-order valence-corrected chi connectivity index (χ1v) is 6.10. The van der Waals surface area contributed by atoms with E-state index in [0.29, 0.717) is 5.69 Å². The van der Waals surface area contributed by atoms with Gasteiger partial charge in [-0.1, -0.05) is 18.2 Å². The molecule has 4 nitrogen and oxygen atoms in total. The average Bonchev–Trinajstić information content (AvgIpc) is 2.32. The molecule has 1 atom stereocenters. The van der Waals surface area contributed by atoms with Crippen molar-refractivity contribution in [2.75, 3.05) is 10.8 Å². The van der Waals surface area contributed by atoms with Crippen molar-refractivity contribution in [2.45, 2.75) is 26.8 Å². The molecule has 0 aliphatic carbocycles. The zero-order valence-electron chi connectivity index (χ0n) is 10.6. The van der Waals surface area contributed by atoms with E-state index in [2.05, 4.69) is 0 Å². The molecule has 1 amide bonds. The highest BCUT2D eigenvalue weighted by molar-refractivity contribution is 6.29. The van der Waals surface area contributed by atoms with Crippen molar-refractivity contribution in [2.24, 2.45) is 0 Å². The number of para-hydroxylation sites is 1. The van der Waals surface area contributed by atoms with Crippen molar-refractivity contribution in [3.05, 3.63) is 29.3 Å². The Hall–Kier alpha value is -1.55. The van der Waals surface area contributed by atoms with E-state index in [1.165, 1.54) is 11.8 Å². The lowest BCUT2D eigenvalue weighted by Crippen LogP contribution is -2.45. The van der Waals surface area contributed by atoms with E-state index in [4.69, 9.17) is 16.7 Å². The standard InChI is InChI=1S/C13H16ClNO3/c1-8-5-4-6-9(2)12(8)15(11(16)7-14)10(3)13(17)18/h4-6,10H,7H2,1-3H3,(H,17,18)/t10-/m0/s1. The zero-order chi connectivity index (χ0) is 13.9. The number of carbonyl (C=O) groups excluding carboxylic acids is 1. The van der Waals surface area contributed by atoms with Crippen LogP contribution in [0.5, 0.6) is 0 Å². The van der Waals surface area contributed by atoms with E-state index in [9.17, 15) is 9.59 Å². The summed E-state index contributed by atoms with van der Waals surface area (Å²) in [6.07, 6.45) is 0. The van der Waals surface area contributed by atoms with E-state index >= 15 is 0 Å². The molecule has 1 aromatic rings. The van der Waals surface area contributed by atoms with Gasteiger partial charge >= 0.3 is 5.97 Å². The van der Waals surface area contributed by atoms with E-state index in [-0.39, 0.29) is 5.88 Å². The fraction of sp³-hybridized carbons (Fsp3) is 0.385. The van der Waals surface area contributed by atoms with Crippen molar-refractivity contribution < 1.29 is 14.7 Å². The quantitative estimate of drug-likeness (QED) is 0.854. The molecule has 18 heavy (non-hydrogen) atoms. The fourth-order valence-corrected chi connectivity index (χ4v) is 2.02.